The van der Waals surface area contributed by atoms with Crippen molar-refractivity contribution in [3.63, 3.8) is 0 Å². The highest BCUT2D eigenvalue weighted by Crippen LogP contribution is 2.29. The van der Waals surface area contributed by atoms with E-state index in [4.69, 9.17) is 5.73 Å². The standard InChI is InChI=1S/C14H17N5/c1-16-13-12(15)14(18-9-17-13)19-7-6-10-4-2-3-5-11(10)8-19/h2-5,9H,6-8,15H2,1H3,(H,16,17,18). The van der Waals surface area contributed by atoms with Gasteiger partial charge in [-0.05, 0) is 17.5 Å². The number of nitrogen functional groups attached to an aromatic ring is 1. The van der Waals surface area contributed by atoms with E-state index in [-0.39, 0.29) is 0 Å². The van der Waals surface area contributed by atoms with Crippen LogP contribution in [0.15, 0.2) is 30.6 Å². The van der Waals surface area contributed by atoms with Crippen molar-refractivity contribution in [3.8, 4) is 0 Å². The van der Waals surface area contributed by atoms with E-state index in [1.54, 1.807) is 6.33 Å². The van der Waals surface area contributed by atoms with Crippen LogP contribution in [-0.4, -0.2) is 23.6 Å². The lowest BCUT2D eigenvalue weighted by Gasteiger charge is -2.30. The maximum absolute atomic E-state index is 6.12. The molecule has 0 aliphatic carbocycles. The fourth-order valence-electron chi connectivity index (χ4n) is 2.51. The Morgan fingerprint density at radius 1 is 1.21 bits per heavy atom. The predicted octanol–water partition coefficient (Wildman–Crippen LogP) is 1.66. The van der Waals surface area contributed by atoms with Crippen LogP contribution in [0.5, 0.6) is 0 Å². The third-order valence-corrected chi connectivity index (χ3v) is 3.53. The summed E-state index contributed by atoms with van der Waals surface area (Å²) in [5.74, 6) is 1.50. The molecular formula is C14H17N5. The number of anilines is 3. The minimum atomic E-state index is 0.615. The van der Waals surface area contributed by atoms with Gasteiger partial charge in [0.25, 0.3) is 0 Å². The number of rotatable bonds is 2. The molecular weight excluding hydrogens is 238 g/mol. The van der Waals surface area contributed by atoms with E-state index < -0.39 is 0 Å². The molecule has 98 valence electrons. The quantitative estimate of drug-likeness (QED) is 0.854. The summed E-state index contributed by atoms with van der Waals surface area (Å²) in [5, 5.41) is 2.99. The second kappa shape index (κ2) is 4.76. The fraction of sp³-hybridized carbons (Fsp3) is 0.286. The molecule has 19 heavy (non-hydrogen) atoms. The summed E-state index contributed by atoms with van der Waals surface area (Å²) in [4.78, 5) is 10.7. The Morgan fingerprint density at radius 2 is 2.00 bits per heavy atom. The second-order valence-corrected chi connectivity index (χ2v) is 4.65. The summed E-state index contributed by atoms with van der Waals surface area (Å²) in [7, 11) is 1.81. The number of nitrogens with two attached hydrogens (primary N) is 1. The highest BCUT2D eigenvalue weighted by atomic mass is 15.2. The SMILES string of the molecule is CNc1ncnc(N2CCc3ccccc3C2)c1N. The van der Waals surface area contributed by atoms with Crippen LogP contribution in [-0.2, 0) is 13.0 Å². The second-order valence-electron chi connectivity index (χ2n) is 4.65. The number of hydrogen-bond donors (Lipinski definition) is 2. The predicted molar refractivity (Wildman–Crippen MR) is 77.2 cm³/mol. The molecule has 0 radical (unpaired) electrons. The summed E-state index contributed by atoms with van der Waals surface area (Å²) in [6, 6.07) is 8.52. The van der Waals surface area contributed by atoms with Crippen molar-refractivity contribution in [1.29, 1.82) is 0 Å². The topological polar surface area (TPSA) is 67.1 Å². The summed E-state index contributed by atoms with van der Waals surface area (Å²) >= 11 is 0. The van der Waals surface area contributed by atoms with Crippen molar-refractivity contribution >= 4 is 17.3 Å². The normalized spacial score (nSPS) is 14.1. The van der Waals surface area contributed by atoms with Gasteiger partial charge in [0.1, 0.15) is 12.0 Å². The summed E-state index contributed by atoms with van der Waals surface area (Å²) in [6.07, 6.45) is 2.58. The first-order valence-electron chi connectivity index (χ1n) is 6.39. The first-order chi connectivity index (χ1) is 9.29. The van der Waals surface area contributed by atoms with E-state index in [1.165, 1.54) is 11.1 Å². The van der Waals surface area contributed by atoms with Crippen molar-refractivity contribution in [1.82, 2.24) is 9.97 Å². The van der Waals surface area contributed by atoms with Crippen LogP contribution < -0.4 is 16.0 Å². The number of aromatic nitrogens is 2. The fourth-order valence-corrected chi connectivity index (χ4v) is 2.51. The molecule has 0 fully saturated rings. The maximum Gasteiger partial charge on any atom is 0.157 e. The molecule has 1 aromatic heterocycles. The number of hydrogen-bond acceptors (Lipinski definition) is 5. The van der Waals surface area contributed by atoms with E-state index in [9.17, 15) is 0 Å². The Balaban J connectivity index is 1.93. The highest BCUT2D eigenvalue weighted by molar-refractivity contribution is 5.75. The molecule has 3 N–H and O–H groups in total. The van der Waals surface area contributed by atoms with Crippen LogP contribution in [0.1, 0.15) is 11.1 Å². The van der Waals surface area contributed by atoms with Gasteiger partial charge in [-0.15, -0.1) is 0 Å². The van der Waals surface area contributed by atoms with Gasteiger partial charge < -0.3 is 16.0 Å². The molecule has 0 unspecified atom stereocenters. The minimum absolute atomic E-state index is 0.615. The smallest absolute Gasteiger partial charge is 0.157 e. The minimum Gasteiger partial charge on any atom is -0.393 e. The Kier molecular flexibility index (Phi) is 2.95. The molecule has 0 saturated heterocycles. The molecule has 1 aromatic carbocycles. The molecule has 0 saturated carbocycles. The molecule has 1 aliphatic heterocycles. The van der Waals surface area contributed by atoms with Gasteiger partial charge >= 0.3 is 0 Å². The van der Waals surface area contributed by atoms with Crippen LogP contribution in [0.3, 0.4) is 0 Å². The van der Waals surface area contributed by atoms with E-state index in [0.29, 0.717) is 11.5 Å². The van der Waals surface area contributed by atoms with Crippen LogP contribution in [0.2, 0.25) is 0 Å². The number of nitrogens with zero attached hydrogens (tertiary/aromatic N) is 3. The molecule has 5 heteroatoms. The van der Waals surface area contributed by atoms with Gasteiger partial charge in [0, 0.05) is 20.1 Å². The lowest BCUT2D eigenvalue weighted by molar-refractivity contribution is 0.721. The first kappa shape index (κ1) is 11.8. The molecule has 3 rings (SSSR count). The first-order valence-corrected chi connectivity index (χ1v) is 6.39. The van der Waals surface area contributed by atoms with Crippen molar-refractivity contribution in [2.75, 3.05) is 29.5 Å². The lowest BCUT2D eigenvalue weighted by atomic mass is 10.00. The molecule has 2 aromatic rings. The third kappa shape index (κ3) is 2.07. The molecule has 0 atom stereocenters. The van der Waals surface area contributed by atoms with Gasteiger partial charge in [-0.25, -0.2) is 9.97 Å². The maximum atomic E-state index is 6.12. The molecule has 0 spiro atoms. The van der Waals surface area contributed by atoms with Gasteiger partial charge in [0.2, 0.25) is 0 Å². The Bertz CT molecular complexity index is 596. The van der Waals surface area contributed by atoms with Gasteiger partial charge in [-0.2, -0.15) is 0 Å². The molecule has 1 aliphatic rings. The van der Waals surface area contributed by atoms with Gasteiger partial charge in [0.05, 0.1) is 0 Å². The van der Waals surface area contributed by atoms with Gasteiger partial charge in [0.15, 0.2) is 11.6 Å². The van der Waals surface area contributed by atoms with E-state index in [2.05, 4.69) is 44.5 Å². The van der Waals surface area contributed by atoms with Crippen molar-refractivity contribution in [2.45, 2.75) is 13.0 Å². The van der Waals surface area contributed by atoms with Crippen LogP contribution in [0.4, 0.5) is 17.3 Å². The Labute approximate surface area is 112 Å². The van der Waals surface area contributed by atoms with E-state index in [0.717, 1.165) is 25.3 Å². The monoisotopic (exact) mass is 255 g/mol. The van der Waals surface area contributed by atoms with Crippen LogP contribution >= 0.6 is 0 Å². The van der Waals surface area contributed by atoms with Gasteiger partial charge in [-0.1, -0.05) is 24.3 Å². The molecule has 2 heterocycles. The average molecular weight is 255 g/mol. The summed E-state index contributed by atoms with van der Waals surface area (Å²) in [5.41, 5.74) is 9.49. The average Bonchev–Trinajstić information content (AvgIpc) is 2.47. The van der Waals surface area contributed by atoms with Crippen molar-refractivity contribution in [3.05, 3.63) is 41.7 Å². The number of nitrogens with one attached hydrogen (secondary N) is 1. The van der Waals surface area contributed by atoms with Crippen molar-refractivity contribution in [2.24, 2.45) is 0 Å². The van der Waals surface area contributed by atoms with Crippen LogP contribution in [0.25, 0.3) is 0 Å². The molecule has 0 amide bonds. The lowest BCUT2D eigenvalue weighted by Crippen LogP contribution is -2.31. The summed E-state index contributed by atoms with van der Waals surface area (Å²) < 4.78 is 0. The number of benzene rings is 1. The van der Waals surface area contributed by atoms with E-state index >= 15 is 0 Å². The highest BCUT2D eigenvalue weighted by Gasteiger charge is 2.20. The zero-order chi connectivity index (χ0) is 13.2. The van der Waals surface area contributed by atoms with E-state index in [1.807, 2.05) is 7.05 Å². The molecule has 5 nitrogen and oxygen atoms in total. The largest absolute Gasteiger partial charge is 0.393 e. The molecule has 0 bridgehead atoms. The Hall–Kier alpha value is -2.30. The Morgan fingerprint density at radius 3 is 2.79 bits per heavy atom. The summed E-state index contributed by atoms with van der Waals surface area (Å²) in [6.45, 7) is 1.78. The van der Waals surface area contributed by atoms with Gasteiger partial charge in [-0.3, -0.25) is 0 Å². The zero-order valence-electron chi connectivity index (χ0n) is 10.9. The van der Waals surface area contributed by atoms with Crippen LogP contribution in [0, 0.1) is 0 Å². The van der Waals surface area contributed by atoms with Crippen molar-refractivity contribution < 1.29 is 0 Å². The third-order valence-electron chi connectivity index (χ3n) is 3.53. The number of fused-ring (bicyclic) bond motifs is 1. The zero-order valence-corrected chi connectivity index (χ0v) is 10.9.